The Morgan fingerprint density at radius 2 is 1.93 bits per heavy atom. The van der Waals surface area contributed by atoms with Crippen LogP contribution >= 0.6 is 23.2 Å². The third-order valence-corrected chi connectivity index (χ3v) is 7.64. The van der Waals surface area contributed by atoms with Gasteiger partial charge in [0.1, 0.15) is 5.84 Å². The topological polar surface area (TPSA) is 96.5 Å². The van der Waals surface area contributed by atoms with Crippen LogP contribution in [0.5, 0.6) is 0 Å². The zero-order chi connectivity index (χ0) is 29.7. The molecule has 3 aromatic rings. The second-order valence-electron chi connectivity index (χ2n) is 9.95. The maximum Gasteiger partial charge on any atom is 0.254 e. The molecule has 1 amide bonds. The monoisotopic (exact) mass is 602 g/mol. The number of nitrogens with zero attached hydrogens (tertiary/aromatic N) is 4. The van der Waals surface area contributed by atoms with Crippen molar-refractivity contribution in [1.29, 1.82) is 0 Å². The molecule has 1 unspecified atom stereocenters. The number of carbonyl (C=O) groups excluding carboxylic acids is 1. The van der Waals surface area contributed by atoms with Crippen LogP contribution in [-0.2, 0) is 6.42 Å². The highest BCUT2D eigenvalue weighted by Crippen LogP contribution is 2.33. The van der Waals surface area contributed by atoms with E-state index >= 15 is 0 Å². The zero-order valence-electron chi connectivity index (χ0n) is 23.7. The number of halogens is 2. The third-order valence-electron chi connectivity index (χ3n) is 7.07. The Morgan fingerprint density at radius 3 is 2.69 bits per heavy atom. The maximum atomic E-state index is 12.4. The molecular formula is C33H36Cl2N6O. The molecule has 1 aromatic carbocycles. The van der Waals surface area contributed by atoms with Crippen molar-refractivity contribution in [3.63, 3.8) is 0 Å². The van der Waals surface area contributed by atoms with E-state index in [2.05, 4.69) is 38.4 Å². The van der Waals surface area contributed by atoms with E-state index in [0.717, 1.165) is 43.7 Å². The van der Waals surface area contributed by atoms with E-state index in [0.29, 0.717) is 18.8 Å². The number of rotatable bonds is 12. The molecule has 1 atom stereocenters. The number of para-hydroxylation sites is 1. The number of aliphatic imine (C=N–C) groups is 1. The van der Waals surface area contributed by atoms with Gasteiger partial charge < -0.3 is 11.1 Å². The van der Waals surface area contributed by atoms with Crippen molar-refractivity contribution in [3.8, 4) is 0 Å². The number of carbonyl (C=O) groups is 1. The van der Waals surface area contributed by atoms with Gasteiger partial charge in [0.15, 0.2) is 0 Å². The fraction of sp³-hybridized carbons (Fsp3) is 0.273. The van der Waals surface area contributed by atoms with E-state index in [1.807, 2.05) is 67.7 Å². The van der Waals surface area contributed by atoms with E-state index in [1.54, 1.807) is 0 Å². The number of nitrogens with two attached hydrogens (primary N) is 1. The van der Waals surface area contributed by atoms with Gasteiger partial charge in [0.2, 0.25) is 0 Å². The van der Waals surface area contributed by atoms with Crippen LogP contribution in [0.25, 0.3) is 0 Å². The fourth-order valence-electron chi connectivity index (χ4n) is 4.94. The molecule has 42 heavy (non-hydrogen) atoms. The van der Waals surface area contributed by atoms with Crippen LogP contribution in [-0.4, -0.2) is 46.2 Å². The van der Waals surface area contributed by atoms with E-state index in [4.69, 9.17) is 33.9 Å². The minimum Gasteiger partial charge on any atom is -0.387 e. The Bertz CT molecular complexity index is 1450. The first kappa shape index (κ1) is 31.2. The summed E-state index contributed by atoms with van der Waals surface area (Å²) in [6.45, 7) is 3.88. The summed E-state index contributed by atoms with van der Waals surface area (Å²) in [7, 11) is 0. The fourth-order valence-corrected chi connectivity index (χ4v) is 5.47. The van der Waals surface area contributed by atoms with Gasteiger partial charge >= 0.3 is 0 Å². The number of aromatic nitrogens is 2. The van der Waals surface area contributed by atoms with Gasteiger partial charge in [-0.1, -0.05) is 77.8 Å². The summed E-state index contributed by atoms with van der Waals surface area (Å²) >= 11 is 12.1. The van der Waals surface area contributed by atoms with Crippen molar-refractivity contribution in [2.75, 3.05) is 19.6 Å². The molecule has 0 spiro atoms. The van der Waals surface area contributed by atoms with Gasteiger partial charge in [-0.3, -0.25) is 19.7 Å². The molecule has 0 saturated carbocycles. The highest BCUT2D eigenvalue weighted by atomic mass is 35.5. The molecule has 4 rings (SSSR count). The lowest BCUT2D eigenvalue weighted by Crippen LogP contribution is -2.36. The molecular weight excluding hydrogens is 567 g/mol. The molecule has 0 fully saturated rings. The van der Waals surface area contributed by atoms with Crippen LogP contribution in [0.2, 0.25) is 10.0 Å². The van der Waals surface area contributed by atoms with Crippen LogP contribution in [0.3, 0.4) is 0 Å². The standard InChI is InChI=1S/C33H36Cl2N6O/c1-2-24(11-5-4-8-18-39-33(42)31-27(34)21-37-22-28(31)35)23-41(20-17-30(36)40-26-14-6-3-7-15-26)29-16-9-12-25-13-10-19-38-32(25)29/h2-8,10-11,13-15,19,21-22,29H,9,12,16-18,20,23H2,1H3,(H2,36,40)(H,39,42)/b8-4+,11-5-,24-2+. The first-order chi connectivity index (χ1) is 20.5. The first-order valence-corrected chi connectivity index (χ1v) is 14.8. The molecule has 1 aliphatic carbocycles. The normalized spacial score (nSPS) is 15.9. The van der Waals surface area contributed by atoms with Crippen molar-refractivity contribution >= 4 is 40.6 Å². The van der Waals surface area contributed by atoms with Gasteiger partial charge in [-0.15, -0.1) is 0 Å². The quantitative estimate of drug-likeness (QED) is 0.132. The lowest BCUT2D eigenvalue weighted by molar-refractivity contribution is 0.0958. The van der Waals surface area contributed by atoms with E-state index in [-0.39, 0.29) is 27.6 Å². The zero-order valence-corrected chi connectivity index (χ0v) is 25.2. The van der Waals surface area contributed by atoms with Gasteiger partial charge in [-0.05, 0) is 55.5 Å². The third kappa shape index (κ3) is 8.86. The Hall–Kier alpha value is -3.78. The number of amides is 1. The number of amidine groups is 1. The average molecular weight is 604 g/mol. The summed E-state index contributed by atoms with van der Waals surface area (Å²) in [6.07, 6.45) is 18.5. The van der Waals surface area contributed by atoms with Gasteiger partial charge in [-0.25, -0.2) is 4.99 Å². The highest BCUT2D eigenvalue weighted by Gasteiger charge is 2.27. The number of hydrogen-bond donors (Lipinski definition) is 2. The van der Waals surface area contributed by atoms with Crippen LogP contribution in [0, 0.1) is 0 Å². The van der Waals surface area contributed by atoms with Crippen LogP contribution in [0.15, 0.2) is 102 Å². The molecule has 0 aliphatic heterocycles. The lowest BCUT2D eigenvalue weighted by atomic mass is 9.90. The molecule has 2 aromatic heterocycles. The summed E-state index contributed by atoms with van der Waals surface area (Å²) < 4.78 is 0. The molecule has 9 heteroatoms. The molecule has 0 bridgehead atoms. The number of benzene rings is 1. The van der Waals surface area contributed by atoms with Crippen LogP contribution < -0.4 is 11.1 Å². The Labute approximate surface area is 257 Å². The Morgan fingerprint density at radius 1 is 1.14 bits per heavy atom. The first-order valence-electron chi connectivity index (χ1n) is 14.1. The SMILES string of the molecule is C\C=C(/C=C\C=C\CNC(=O)c1c(Cl)cncc1Cl)CN(CCC(N)=Nc1ccccc1)C1CCCc2cccnc21. The van der Waals surface area contributed by atoms with Gasteiger partial charge in [0.25, 0.3) is 5.91 Å². The van der Waals surface area contributed by atoms with Gasteiger partial charge in [0, 0.05) is 44.6 Å². The predicted octanol–water partition coefficient (Wildman–Crippen LogP) is 7.03. The van der Waals surface area contributed by atoms with Gasteiger partial charge in [0.05, 0.1) is 33.0 Å². The Balaban J connectivity index is 1.40. The number of hydrogen-bond acceptors (Lipinski definition) is 5. The highest BCUT2D eigenvalue weighted by molar-refractivity contribution is 6.39. The largest absolute Gasteiger partial charge is 0.387 e. The summed E-state index contributed by atoms with van der Waals surface area (Å²) in [6, 6.07) is 14.2. The lowest BCUT2D eigenvalue weighted by Gasteiger charge is -2.35. The maximum absolute atomic E-state index is 12.4. The van der Waals surface area contributed by atoms with Crippen molar-refractivity contribution in [2.45, 2.75) is 38.6 Å². The number of fused-ring (bicyclic) bond motifs is 1. The van der Waals surface area contributed by atoms with E-state index < -0.39 is 0 Å². The molecule has 3 N–H and O–H groups in total. The molecule has 0 radical (unpaired) electrons. The van der Waals surface area contributed by atoms with Crippen LogP contribution in [0.1, 0.15) is 53.8 Å². The molecule has 218 valence electrons. The van der Waals surface area contributed by atoms with Gasteiger partial charge in [-0.2, -0.15) is 0 Å². The summed E-state index contributed by atoms with van der Waals surface area (Å²) in [5, 5.41) is 3.24. The second-order valence-corrected chi connectivity index (χ2v) is 10.8. The minimum atomic E-state index is -0.345. The molecule has 0 saturated heterocycles. The smallest absolute Gasteiger partial charge is 0.254 e. The molecule has 1 aliphatic rings. The number of nitrogens with one attached hydrogen (secondary N) is 1. The summed E-state index contributed by atoms with van der Waals surface area (Å²) in [5.41, 5.74) is 11.1. The van der Waals surface area contributed by atoms with E-state index in [1.165, 1.54) is 23.5 Å². The van der Waals surface area contributed by atoms with Crippen molar-refractivity contribution in [1.82, 2.24) is 20.2 Å². The molecule has 7 nitrogen and oxygen atoms in total. The van der Waals surface area contributed by atoms with Crippen molar-refractivity contribution < 1.29 is 4.79 Å². The van der Waals surface area contributed by atoms with Crippen LogP contribution in [0.4, 0.5) is 5.69 Å². The minimum absolute atomic E-state index is 0.209. The number of pyridine rings is 2. The number of allylic oxidation sites excluding steroid dienone is 3. The van der Waals surface area contributed by atoms with Crippen molar-refractivity contribution in [3.05, 3.63) is 124 Å². The predicted molar refractivity (Wildman–Crippen MR) is 172 cm³/mol. The Kier molecular flexibility index (Phi) is 11.9. The summed E-state index contributed by atoms with van der Waals surface area (Å²) in [5.74, 6) is 0.266. The average Bonchev–Trinajstić information content (AvgIpc) is 3.00. The summed E-state index contributed by atoms with van der Waals surface area (Å²) in [4.78, 5) is 28.2. The second kappa shape index (κ2) is 16.0. The van der Waals surface area contributed by atoms with Crippen molar-refractivity contribution in [2.24, 2.45) is 10.7 Å². The number of aryl methyl sites for hydroxylation is 1. The molecule has 2 heterocycles. The van der Waals surface area contributed by atoms with E-state index in [9.17, 15) is 4.79 Å².